The number of aryl methyl sites for hydroxylation is 2. The van der Waals surface area contributed by atoms with Gasteiger partial charge in [0.25, 0.3) is 0 Å². The first kappa shape index (κ1) is 12.0. The summed E-state index contributed by atoms with van der Waals surface area (Å²) in [7, 11) is 0. The quantitative estimate of drug-likeness (QED) is 0.888. The van der Waals surface area contributed by atoms with Gasteiger partial charge in [-0.2, -0.15) is 0 Å². The average molecular weight is 245 g/mol. The lowest BCUT2D eigenvalue weighted by Gasteiger charge is -1.95. The number of aromatic nitrogens is 3. The predicted octanol–water partition coefficient (Wildman–Crippen LogP) is 1.95. The molecule has 0 spiro atoms. The summed E-state index contributed by atoms with van der Waals surface area (Å²) in [4.78, 5) is 18.4. The largest absolute Gasteiger partial charge is 0.477 e. The minimum Gasteiger partial charge on any atom is -0.477 e. The molecule has 0 aliphatic rings. The molecule has 0 atom stereocenters. The molecule has 0 saturated heterocycles. The lowest BCUT2D eigenvalue weighted by molar-refractivity contribution is 0.0690. The summed E-state index contributed by atoms with van der Waals surface area (Å²) in [5, 5.41) is 12.6. The maximum atomic E-state index is 10.8. The number of nitrogens with zero attached hydrogens (tertiary/aromatic N) is 3. The Labute approximate surface area is 103 Å². The van der Waals surface area contributed by atoms with E-state index in [1.165, 1.54) is 12.4 Å². The van der Waals surface area contributed by atoms with Gasteiger partial charge in [0, 0.05) is 5.56 Å². The SMILES string of the molecule is Cc1noc(C)c1/C=C/c1cc(C(=O)O)ncn1. The van der Waals surface area contributed by atoms with Crippen molar-refractivity contribution in [2.45, 2.75) is 13.8 Å². The van der Waals surface area contributed by atoms with Gasteiger partial charge in [0.1, 0.15) is 12.1 Å². The molecule has 0 unspecified atom stereocenters. The van der Waals surface area contributed by atoms with Crippen molar-refractivity contribution < 1.29 is 14.4 Å². The van der Waals surface area contributed by atoms with Gasteiger partial charge in [-0.15, -0.1) is 0 Å². The Morgan fingerprint density at radius 3 is 2.72 bits per heavy atom. The van der Waals surface area contributed by atoms with E-state index in [1.54, 1.807) is 12.2 Å². The molecule has 0 aliphatic heterocycles. The summed E-state index contributed by atoms with van der Waals surface area (Å²) in [5.41, 5.74) is 2.12. The molecule has 0 aliphatic carbocycles. The van der Waals surface area contributed by atoms with Crippen molar-refractivity contribution in [3.05, 3.63) is 40.8 Å². The molecule has 6 nitrogen and oxygen atoms in total. The van der Waals surface area contributed by atoms with Crippen LogP contribution in [0.5, 0.6) is 0 Å². The zero-order chi connectivity index (χ0) is 13.1. The molecule has 0 bridgehead atoms. The second kappa shape index (κ2) is 4.79. The number of carboxylic acids is 1. The third-order valence-corrected chi connectivity index (χ3v) is 2.42. The first-order chi connectivity index (χ1) is 8.58. The molecule has 1 N–H and O–H groups in total. The first-order valence-electron chi connectivity index (χ1n) is 5.24. The van der Waals surface area contributed by atoms with E-state index in [0.717, 1.165) is 11.3 Å². The number of rotatable bonds is 3. The molecule has 0 saturated carbocycles. The molecule has 0 radical (unpaired) electrons. The van der Waals surface area contributed by atoms with E-state index in [9.17, 15) is 4.79 Å². The molecule has 6 heteroatoms. The van der Waals surface area contributed by atoms with Crippen LogP contribution >= 0.6 is 0 Å². The molecule has 0 fully saturated rings. The van der Waals surface area contributed by atoms with Gasteiger partial charge < -0.3 is 9.63 Å². The van der Waals surface area contributed by atoms with E-state index in [2.05, 4.69) is 15.1 Å². The van der Waals surface area contributed by atoms with Crippen molar-refractivity contribution >= 4 is 18.1 Å². The summed E-state index contributed by atoms with van der Waals surface area (Å²) < 4.78 is 5.02. The number of aromatic carboxylic acids is 1. The molecule has 18 heavy (non-hydrogen) atoms. The van der Waals surface area contributed by atoms with Gasteiger partial charge in [0.05, 0.1) is 11.4 Å². The molecular formula is C12H11N3O3. The van der Waals surface area contributed by atoms with Crippen molar-refractivity contribution in [1.29, 1.82) is 0 Å². The minimum absolute atomic E-state index is 0.0385. The third-order valence-electron chi connectivity index (χ3n) is 2.42. The third kappa shape index (κ3) is 2.42. The molecule has 92 valence electrons. The maximum absolute atomic E-state index is 10.8. The summed E-state index contributed by atoms with van der Waals surface area (Å²) >= 11 is 0. The molecule has 2 aromatic heterocycles. The number of hydrogen-bond donors (Lipinski definition) is 1. The highest BCUT2D eigenvalue weighted by Crippen LogP contribution is 2.15. The van der Waals surface area contributed by atoms with Crippen molar-refractivity contribution in [1.82, 2.24) is 15.1 Å². The van der Waals surface area contributed by atoms with E-state index in [-0.39, 0.29) is 5.69 Å². The van der Waals surface area contributed by atoms with E-state index in [1.807, 2.05) is 13.8 Å². The van der Waals surface area contributed by atoms with Gasteiger partial charge in [-0.1, -0.05) is 5.16 Å². The highest BCUT2D eigenvalue weighted by Gasteiger charge is 2.06. The molecule has 2 aromatic rings. The summed E-state index contributed by atoms with van der Waals surface area (Å²) in [6.07, 6.45) is 4.70. The van der Waals surface area contributed by atoms with Crippen LogP contribution in [0, 0.1) is 13.8 Å². The topological polar surface area (TPSA) is 89.1 Å². The average Bonchev–Trinajstić information content (AvgIpc) is 2.67. The second-order valence-electron chi connectivity index (χ2n) is 3.70. The zero-order valence-corrected chi connectivity index (χ0v) is 9.91. The van der Waals surface area contributed by atoms with Crippen molar-refractivity contribution in [3.8, 4) is 0 Å². The second-order valence-corrected chi connectivity index (χ2v) is 3.70. The fourth-order valence-electron chi connectivity index (χ4n) is 1.48. The predicted molar refractivity (Wildman–Crippen MR) is 63.9 cm³/mol. The van der Waals surface area contributed by atoms with Crippen LogP contribution in [0.3, 0.4) is 0 Å². The van der Waals surface area contributed by atoms with Crippen LogP contribution in [0.1, 0.15) is 33.2 Å². The summed E-state index contributed by atoms with van der Waals surface area (Å²) in [5.74, 6) is -0.374. The smallest absolute Gasteiger partial charge is 0.354 e. The van der Waals surface area contributed by atoms with Crippen molar-refractivity contribution in [2.75, 3.05) is 0 Å². The molecule has 0 aromatic carbocycles. The van der Waals surface area contributed by atoms with E-state index < -0.39 is 5.97 Å². The van der Waals surface area contributed by atoms with Gasteiger partial charge >= 0.3 is 5.97 Å². The van der Waals surface area contributed by atoms with Crippen LogP contribution in [0.4, 0.5) is 0 Å². The molecule has 0 amide bonds. The van der Waals surface area contributed by atoms with Gasteiger partial charge in [-0.25, -0.2) is 14.8 Å². The first-order valence-corrected chi connectivity index (χ1v) is 5.24. The van der Waals surface area contributed by atoms with Crippen molar-refractivity contribution in [2.24, 2.45) is 0 Å². The van der Waals surface area contributed by atoms with Gasteiger partial charge in [-0.05, 0) is 32.1 Å². The lowest BCUT2D eigenvalue weighted by atomic mass is 10.2. The van der Waals surface area contributed by atoms with Gasteiger partial charge in [0.2, 0.25) is 0 Å². The zero-order valence-electron chi connectivity index (χ0n) is 9.91. The fraction of sp³-hybridized carbons (Fsp3) is 0.167. The Balaban J connectivity index is 2.29. The van der Waals surface area contributed by atoms with Crippen LogP contribution in [-0.2, 0) is 0 Å². The highest BCUT2D eigenvalue weighted by atomic mass is 16.5. The van der Waals surface area contributed by atoms with Crippen LogP contribution in [-0.4, -0.2) is 26.2 Å². The van der Waals surface area contributed by atoms with Crippen LogP contribution in [0.25, 0.3) is 12.2 Å². The fourth-order valence-corrected chi connectivity index (χ4v) is 1.48. The summed E-state index contributed by atoms with van der Waals surface area (Å²) in [6, 6.07) is 1.40. The Morgan fingerprint density at radius 1 is 1.33 bits per heavy atom. The lowest BCUT2D eigenvalue weighted by Crippen LogP contribution is -2.00. The monoisotopic (exact) mass is 245 g/mol. The molecular weight excluding hydrogens is 234 g/mol. The Morgan fingerprint density at radius 2 is 2.11 bits per heavy atom. The Kier molecular flexibility index (Phi) is 3.18. The standard InChI is InChI=1S/C12H11N3O3/c1-7-10(8(2)18-15-7)4-3-9-5-11(12(16)17)14-6-13-9/h3-6H,1-2H3,(H,16,17)/b4-3+. The normalized spacial score (nSPS) is 11.0. The van der Waals surface area contributed by atoms with E-state index in [0.29, 0.717) is 11.5 Å². The van der Waals surface area contributed by atoms with Gasteiger partial charge in [-0.3, -0.25) is 0 Å². The summed E-state index contributed by atoms with van der Waals surface area (Å²) in [6.45, 7) is 3.64. The van der Waals surface area contributed by atoms with Crippen LogP contribution < -0.4 is 0 Å². The molecule has 2 rings (SSSR count). The maximum Gasteiger partial charge on any atom is 0.354 e. The van der Waals surface area contributed by atoms with Gasteiger partial charge in [0.15, 0.2) is 5.69 Å². The minimum atomic E-state index is -1.08. The van der Waals surface area contributed by atoms with E-state index >= 15 is 0 Å². The Hall–Kier alpha value is -2.50. The number of hydrogen-bond acceptors (Lipinski definition) is 5. The van der Waals surface area contributed by atoms with Crippen molar-refractivity contribution in [3.63, 3.8) is 0 Å². The van der Waals surface area contributed by atoms with Crippen LogP contribution in [0.15, 0.2) is 16.9 Å². The number of carboxylic acid groups (broad SMARTS) is 1. The molecule has 2 heterocycles. The van der Waals surface area contributed by atoms with E-state index in [4.69, 9.17) is 9.63 Å². The highest BCUT2D eigenvalue weighted by molar-refractivity contribution is 5.86. The Bertz CT molecular complexity index is 597. The number of carbonyl (C=O) groups is 1. The van der Waals surface area contributed by atoms with Crippen LogP contribution in [0.2, 0.25) is 0 Å².